The maximum Gasteiger partial charge on any atom is 0.260 e. The van der Waals surface area contributed by atoms with Gasteiger partial charge in [-0.15, -0.1) is 12.4 Å². The van der Waals surface area contributed by atoms with Crippen molar-refractivity contribution in [1.82, 2.24) is 9.80 Å². The number of carbonyl (C=O) groups excluding carboxylic acids is 2. The summed E-state index contributed by atoms with van der Waals surface area (Å²) >= 11 is 5.83. The molecule has 27 heavy (non-hydrogen) atoms. The van der Waals surface area contributed by atoms with Crippen LogP contribution in [0.15, 0.2) is 24.3 Å². The minimum absolute atomic E-state index is 0. The van der Waals surface area contributed by atoms with Crippen LogP contribution in [-0.2, 0) is 9.59 Å². The number of benzene rings is 1. The smallest absolute Gasteiger partial charge is 0.260 e. The van der Waals surface area contributed by atoms with E-state index >= 15 is 0 Å². The first-order valence-electron chi connectivity index (χ1n) is 9.11. The summed E-state index contributed by atoms with van der Waals surface area (Å²) in [6.07, 6.45) is 1.46. The molecule has 1 fully saturated rings. The van der Waals surface area contributed by atoms with Crippen LogP contribution < -0.4 is 10.5 Å². The number of amides is 2. The van der Waals surface area contributed by atoms with Gasteiger partial charge in [-0.25, -0.2) is 0 Å². The Hall–Kier alpha value is -1.50. The Balaban J connectivity index is 0.00000364. The van der Waals surface area contributed by atoms with Crippen LogP contribution in [0.4, 0.5) is 0 Å². The second kappa shape index (κ2) is 10.7. The van der Waals surface area contributed by atoms with Gasteiger partial charge in [-0.2, -0.15) is 0 Å². The summed E-state index contributed by atoms with van der Waals surface area (Å²) in [6.45, 7) is 6.44. The van der Waals surface area contributed by atoms with Gasteiger partial charge in [0.1, 0.15) is 5.75 Å². The summed E-state index contributed by atoms with van der Waals surface area (Å²) in [6, 6.07) is 6.90. The van der Waals surface area contributed by atoms with Gasteiger partial charge in [-0.3, -0.25) is 9.59 Å². The van der Waals surface area contributed by atoms with Crippen LogP contribution in [0, 0.1) is 5.41 Å². The lowest BCUT2D eigenvalue weighted by Crippen LogP contribution is -2.56. The average molecular weight is 418 g/mol. The number of nitrogens with two attached hydrogens (primary N) is 1. The van der Waals surface area contributed by atoms with Crippen LogP contribution in [-0.4, -0.2) is 60.9 Å². The number of halogens is 2. The molecule has 2 rings (SSSR count). The summed E-state index contributed by atoms with van der Waals surface area (Å²) in [4.78, 5) is 28.7. The Morgan fingerprint density at radius 3 is 2.07 bits per heavy atom. The first kappa shape index (κ1) is 23.5. The summed E-state index contributed by atoms with van der Waals surface area (Å²) in [7, 11) is 0. The van der Waals surface area contributed by atoms with Crippen LogP contribution in [0.1, 0.15) is 26.7 Å². The highest BCUT2D eigenvalue weighted by atomic mass is 35.5. The molecule has 1 heterocycles. The van der Waals surface area contributed by atoms with Crippen molar-refractivity contribution in [2.24, 2.45) is 11.1 Å². The molecule has 2 N–H and O–H groups in total. The van der Waals surface area contributed by atoms with Crippen LogP contribution in [0.5, 0.6) is 5.75 Å². The van der Waals surface area contributed by atoms with E-state index in [9.17, 15) is 9.59 Å². The molecule has 0 unspecified atom stereocenters. The second-order valence-electron chi connectivity index (χ2n) is 6.61. The van der Waals surface area contributed by atoms with Crippen molar-refractivity contribution in [3.8, 4) is 5.75 Å². The van der Waals surface area contributed by atoms with E-state index in [2.05, 4.69) is 0 Å². The van der Waals surface area contributed by atoms with Gasteiger partial charge in [0.05, 0.1) is 5.41 Å². The Labute approximate surface area is 172 Å². The molecule has 0 aliphatic carbocycles. The van der Waals surface area contributed by atoms with Gasteiger partial charge in [-0.05, 0) is 37.1 Å². The fourth-order valence-electron chi connectivity index (χ4n) is 3.19. The fourth-order valence-corrected chi connectivity index (χ4v) is 3.32. The van der Waals surface area contributed by atoms with E-state index in [1.54, 1.807) is 29.2 Å². The van der Waals surface area contributed by atoms with Gasteiger partial charge < -0.3 is 20.3 Å². The molecule has 0 aromatic heterocycles. The number of hydrogen-bond donors (Lipinski definition) is 1. The highest BCUT2D eigenvalue weighted by Crippen LogP contribution is 2.28. The van der Waals surface area contributed by atoms with Crippen molar-refractivity contribution >= 4 is 35.8 Å². The van der Waals surface area contributed by atoms with E-state index in [4.69, 9.17) is 22.1 Å². The van der Waals surface area contributed by atoms with Crippen molar-refractivity contribution in [3.05, 3.63) is 29.3 Å². The van der Waals surface area contributed by atoms with Gasteiger partial charge in [0, 0.05) is 37.7 Å². The molecule has 1 aromatic rings. The summed E-state index contributed by atoms with van der Waals surface area (Å²) in [5.41, 5.74) is 5.40. The number of piperazine rings is 1. The predicted molar refractivity (Wildman–Crippen MR) is 109 cm³/mol. The van der Waals surface area contributed by atoms with Crippen molar-refractivity contribution < 1.29 is 14.3 Å². The molecule has 0 bridgehead atoms. The van der Waals surface area contributed by atoms with Gasteiger partial charge in [0.15, 0.2) is 6.61 Å². The molecule has 1 saturated heterocycles. The molecule has 152 valence electrons. The number of rotatable bonds is 7. The second-order valence-corrected chi connectivity index (χ2v) is 7.04. The molecule has 0 atom stereocenters. The largest absolute Gasteiger partial charge is 0.484 e. The van der Waals surface area contributed by atoms with E-state index in [1.165, 1.54) is 0 Å². The first-order valence-corrected chi connectivity index (χ1v) is 9.49. The van der Waals surface area contributed by atoms with Crippen molar-refractivity contribution in [3.63, 3.8) is 0 Å². The Morgan fingerprint density at radius 1 is 1.07 bits per heavy atom. The zero-order chi connectivity index (χ0) is 19.2. The quantitative estimate of drug-likeness (QED) is 0.739. The fraction of sp³-hybridized carbons (Fsp3) is 0.579. The molecular formula is C19H29Cl2N3O3. The highest BCUT2D eigenvalue weighted by Gasteiger charge is 2.38. The van der Waals surface area contributed by atoms with Crippen LogP contribution in [0.2, 0.25) is 5.02 Å². The zero-order valence-electron chi connectivity index (χ0n) is 15.9. The lowest BCUT2D eigenvalue weighted by molar-refractivity contribution is -0.147. The van der Waals surface area contributed by atoms with Crippen molar-refractivity contribution in [2.45, 2.75) is 26.7 Å². The summed E-state index contributed by atoms with van der Waals surface area (Å²) in [5.74, 6) is 0.632. The van der Waals surface area contributed by atoms with Gasteiger partial charge in [0.25, 0.3) is 5.91 Å². The monoisotopic (exact) mass is 417 g/mol. The van der Waals surface area contributed by atoms with E-state index in [0.29, 0.717) is 43.5 Å². The number of carbonyl (C=O) groups is 2. The van der Waals surface area contributed by atoms with Crippen LogP contribution in [0.25, 0.3) is 0 Å². The zero-order valence-corrected chi connectivity index (χ0v) is 17.5. The molecule has 1 aliphatic rings. The average Bonchev–Trinajstić information content (AvgIpc) is 2.69. The molecule has 6 nitrogen and oxygen atoms in total. The van der Waals surface area contributed by atoms with Crippen LogP contribution in [0.3, 0.4) is 0 Å². The minimum Gasteiger partial charge on any atom is -0.484 e. The van der Waals surface area contributed by atoms with E-state index in [-0.39, 0.29) is 30.8 Å². The Morgan fingerprint density at radius 2 is 1.59 bits per heavy atom. The maximum atomic E-state index is 12.8. The third-order valence-corrected chi connectivity index (χ3v) is 5.55. The summed E-state index contributed by atoms with van der Waals surface area (Å²) in [5, 5.41) is 0.622. The topological polar surface area (TPSA) is 75.9 Å². The standard InChI is InChI=1S/C19H28ClN3O3.ClH/c1-3-19(4-2,14-21)18(25)23-11-9-22(10-12-23)17(24)13-26-16-7-5-15(20)6-8-16;/h5-8H,3-4,9-14,21H2,1-2H3;1H. The third kappa shape index (κ3) is 5.74. The normalized spacial score (nSPS) is 14.5. The van der Waals surface area contributed by atoms with Gasteiger partial charge in [0.2, 0.25) is 5.91 Å². The number of nitrogens with zero attached hydrogens (tertiary/aromatic N) is 2. The maximum absolute atomic E-state index is 12.8. The van der Waals surface area contributed by atoms with Gasteiger partial charge >= 0.3 is 0 Å². The van der Waals surface area contributed by atoms with Gasteiger partial charge in [-0.1, -0.05) is 25.4 Å². The summed E-state index contributed by atoms with van der Waals surface area (Å²) < 4.78 is 5.51. The minimum atomic E-state index is -0.482. The predicted octanol–water partition coefficient (Wildman–Crippen LogP) is 2.58. The molecular weight excluding hydrogens is 389 g/mol. The SMILES string of the molecule is CCC(CC)(CN)C(=O)N1CCN(C(=O)COc2ccc(Cl)cc2)CC1.Cl. The number of ether oxygens (including phenoxy) is 1. The molecule has 0 radical (unpaired) electrons. The third-order valence-electron chi connectivity index (χ3n) is 5.29. The van der Waals surface area contributed by atoms with E-state index in [0.717, 1.165) is 12.8 Å². The van der Waals surface area contributed by atoms with Crippen molar-refractivity contribution in [1.29, 1.82) is 0 Å². The molecule has 1 aromatic carbocycles. The Kier molecular flexibility index (Phi) is 9.36. The molecule has 1 aliphatic heterocycles. The first-order chi connectivity index (χ1) is 12.5. The molecule has 0 spiro atoms. The lowest BCUT2D eigenvalue weighted by Gasteiger charge is -2.40. The number of hydrogen-bond acceptors (Lipinski definition) is 4. The van der Waals surface area contributed by atoms with E-state index < -0.39 is 5.41 Å². The highest BCUT2D eigenvalue weighted by molar-refractivity contribution is 6.30. The lowest BCUT2D eigenvalue weighted by atomic mass is 9.81. The molecule has 2 amide bonds. The Bertz CT molecular complexity index is 605. The van der Waals surface area contributed by atoms with Crippen molar-refractivity contribution in [2.75, 3.05) is 39.3 Å². The van der Waals surface area contributed by atoms with Crippen LogP contribution >= 0.6 is 24.0 Å². The molecule has 0 saturated carbocycles. The molecule has 8 heteroatoms. The van der Waals surface area contributed by atoms with E-state index in [1.807, 2.05) is 18.7 Å².